The zero-order valence-corrected chi connectivity index (χ0v) is 14.6. The smallest absolute Gasteiger partial charge is 0.276 e. The standard InChI is InChI=1S/C20H19N3O4/c24-19(12-11-15-7-1-4-10-18(15)23(26)27)21-17-9-3-2-8-16(17)20(25)22-13-5-6-14-22/h1-4,7-12H,5-6,13-14H2,(H,21,24)/b12-11+. The number of amides is 2. The first-order valence-corrected chi connectivity index (χ1v) is 8.67. The van der Waals surface area contributed by atoms with Gasteiger partial charge in [-0.15, -0.1) is 0 Å². The molecule has 7 heteroatoms. The van der Waals surface area contributed by atoms with Crippen molar-refractivity contribution in [3.8, 4) is 0 Å². The van der Waals surface area contributed by atoms with Gasteiger partial charge in [0.2, 0.25) is 5.91 Å². The number of para-hydroxylation sites is 2. The lowest BCUT2D eigenvalue weighted by molar-refractivity contribution is -0.385. The highest BCUT2D eigenvalue weighted by Gasteiger charge is 2.22. The lowest BCUT2D eigenvalue weighted by Crippen LogP contribution is -2.28. The van der Waals surface area contributed by atoms with E-state index in [1.807, 2.05) is 0 Å². The second-order valence-electron chi connectivity index (χ2n) is 6.18. The minimum absolute atomic E-state index is 0.0776. The maximum absolute atomic E-state index is 12.6. The van der Waals surface area contributed by atoms with Crippen molar-refractivity contribution in [3.05, 3.63) is 75.8 Å². The fourth-order valence-corrected chi connectivity index (χ4v) is 3.00. The number of nitrogens with one attached hydrogen (secondary N) is 1. The number of rotatable bonds is 5. The van der Waals surface area contributed by atoms with Crippen molar-refractivity contribution in [2.24, 2.45) is 0 Å². The van der Waals surface area contributed by atoms with Gasteiger partial charge in [0.1, 0.15) is 0 Å². The third-order valence-corrected chi connectivity index (χ3v) is 4.36. The van der Waals surface area contributed by atoms with Crippen LogP contribution in [-0.2, 0) is 4.79 Å². The lowest BCUT2D eigenvalue weighted by atomic mass is 10.1. The SMILES string of the molecule is O=C(/C=C/c1ccccc1[N+](=O)[O-])Nc1ccccc1C(=O)N1CCCC1. The van der Waals surface area contributed by atoms with Gasteiger partial charge >= 0.3 is 0 Å². The Kier molecular flexibility index (Phi) is 5.61. The van der Waals surface area contributed by atoms with E-state index in [1.165, 1.54) is 18.2 Å². The number of nitro benzene ring substituents is 1. The van der Waals surface area contributed by atoms with Crippen molar-refractivity contribution in [2.45, 2.75) is 12.8 Å². The highest BCUT2D eigenvalue weighted by atomic mass is 16.6. The van der Waals surface area contributed by atoms with Crippen LogP contribution in [-0.4, -0.2) is 34.7 Å². The number of nitro groups is 1. The normalized spacial score (nSPS) is 13.7. The third-order valence-electron chi connectivity index (χ3n) is 4.36. The average Bonchev–Trinajstić information content (AvgIpc) is 3.21. The molecule has 2 amide bonds. The molecule has 2 aromatic carbocycles. The number of anilines is 1. The van der Waals surface area contributed by atoms with Crippen LogP contribution in [0, 0.1) is 10.1 Å². The maximum atomic E-state index is 12.6. The fourth-order valence-electron chi connectivity index (χ4n) is 3.00. The van der Waals surface area contributed by atoms with Gasteiger partial charge in [0, 0.05) is 25.2 Å². The summed E-state index contributed by atoms with van der Waals surface area (Å²) in [5.74, 6) is -0.569. The molecule has 1 saturated heterocycles. The summed E-state index contributed by atoms with van der Waals surface area (Å²) in [5, 5.41) is 13.7. The number of hydrogen-bond donors (Lipinski definition) is 1. The molecule has 0 saturated carbocycles. The number of carbonyl (C=O) groups is 2. The molecule has 1 fully saturated rings. The van der Waals surface area contributed by atoms with Gasteiger partial charge in [0.15, 0.2) is 0 Å². The fraction of sp³-hybridized carbons (Fsp3) is 0.200. The van der Waals surface area contributed by atoms with Crippen LogP contribution in [0.25, 0.3) is 6.08 Å². The second-order valence-corrected chi connectivity index (χ2v) is 6.18. The van der Waals surface area contributed by atoms with Crippen LogP contribution in [0.4, 0.5) is 11.4 Å². The first-order chi connectivity index (χ1) is 13.1. The van der Waals surface area contributed by atoms with Crippen LogP contribution in [0.5, 0.6) is 0 Å². The number of nitrogens with zero attached hydrogens (tertiary/aromatic N) is 2. The quantitative estimate of drug-likeness (QED) is 0.499. The van der Waals surface area contributed by atoms with Crippen LogP contribution < -0.4 is 5.32 Å². The van der Waals surface area contributed by atoms with Crippen molar-refractivity contribution >= 4 is 29.3 Å². The summed E-state index contributed by atoms with van der Waals surface area (Å²) in [4.78, 5) is 37.2. The molecule has 0 unspecified atom stereocenters. The van der Waals surface area contributed by atoms with Crippen molar-refractivity contribution < 1.29 is 14.5 Å². The van der Waals surface area contributed by atoms with Crippen LogP contribution in [0.2, 0.25) is 0 Å². The molecule has 1 heterocycles. The zero-order valence-electron chi connectivity index (χ0n) is 14.6. The van der Waals surface area contributed by atoms with Gasteiger partial charge in [-0.25, -0.2) is 0 Å². The minimum Gasteiger partial charge on any atom is -0.339 e. The van der Waals surface area contributed by atoms with E-state index in [0.717, 1.165) is 25.9 Å². The van der Waals surface area contributed by atoms with Crippen LogP contribution in [0.3, 0.4) is 0 Å². The van der Waals surface area contributed by atoms with Gasteiger partial charge < -0.3 is 10.2 Å². The van der Waals surface area contributed by atoms with Gasteiger partial charge in [-0.05, 0) is 37.1 Å². The largest absolute Gasteiger partial charge is 0.339 e. The molecular formula is C20H19N3O4. The van der Waals surface area contributed by atoms with E-state index in [9.17, 15) is 19.7 Å². The molecule has 0 atom stereocenters. The summed E-state index contributed by atoms with van der Waals surface area (Å²) in [7, 11) is 0. The number of hydrogen-bond acceptors (Lipinski definition) is 4. The average molecular weight is 365 g/mol. The Labute approximate surface area is 156 Å². The first kappa shape index (κ1) is 18.3. The van der Waals surface area contributed by atoms with Crippen molar-refractivity contribution in [2.75, 3.05) is 18.4 Å². The third kappa shape index (κ3) is 4.38. The van der Waals surface area contributed by atoms with E-state index in [-0.39, 0.29) is 11.6 Å². The molecule has 0 bridgehead atoms. The van der Waals surface area contributed by atoms with Gasteiger partial charge in [0.05, 0.1) is 21.7 Å². The number of benzene rings is 2. The van der Waals surface area contributed by atoms with E-state index < -0.39 is 10.8 Å². The van der Waals surface area contributed by atoms with Crippen molar-refractivity contribution in [1.29, 1.82) is 0 Å². The van der Waals surface area contributed by atoms with E-state index in [0.29, 0.717) is 16.8 Å². The Balaban J connectivity index is 1.75. The predicted molar refractivity (Wildman–Crippen MR) is 102 cm³/mol. The summed E-state index contributed by atoms with van der Waals surface area (Å²) in [5.41, 5.74) is 1.11. The van der Waals surface area contributed by atoms with E-state index in [1.54, 1.807) is 47.4 Å². The Morgan fingerprint density at radius 2 is 1.70 bits per heavy atom. The molecule has 2 aromatic rings. The molecule has 0 aliphatic carbocycles. The molecule has 1 N–H and O–H groups in total. The summed E-state index contributed by atoms with van der Waals surface area (Å²) < 4.78 is 0. The van der Waals surface area contributed by atoms with E-state index >= 15 is 0 Å². The predicted octanol–water partition coefficient (Wildman–Crippen LogP) is 3.48. The molecule has 27 heavy (non-hydrogen) atoms. The maximum Gasteiger partial charge on any atom is 0.276 e. The molecule has 1 aliphatic rings. The highest BCUT2D eigenvalue weighted by molar-refractivity contribution is 6.07. The molecular weight excluding hydrogens is 346 g/mol. The van der Waals surface area contributed by atoms with Gasteiger partial charge in [-0.2, -0.15) is 0 Å². The Morgan fingerprint density at radius 3 is 2.44 bits per heavy atom. The Bertz CT molecular complexity index is 902. The monoisotopic (exact) mass is 365 g/mol. The van der Waals surface area contributed by atoms with Gasteiger partial charge in [0.25, 0.3) is 11.6 Å². The molecule has 0 spiro atoms. The van der Waals surface area contributed by atoms with Gasteiger partial charge in [-0.3, -0.25) is 19.7 Å². The molecule has 3 rings (SSSR count). The van der Waals surface area contributed by atoms with Crippen molar-refractivity contribution in [1.82, 2.24) is 4.90 Å². The number of likely N-dealkylation sites (tertiary alicyclic amines) is 1. The number of carbonyl (C=O) groups excluding carboxylic acids is 2. The minimum atomic E-state index is -0.498. The first-order valence-electron chi connectivity index (χ1n) is 8.67. The van der Waals surface area contributed by atoms with Crippen LogP contribution in [0.15, 0.2) is 54.6 Å². The highest BCUT2D eigenvalue weighted by Crippen LogP contribution is 2.21. The Hall–Kier alpha value is -3.48. The van der Waals surface area contributed by atoms with Gasteiger partial charge in [-0.1, -0.05) is 24.3 Å². The Morgan fingerprint density at radius 1 is 1.04 bits per heavy atom. The molecule has 0 aromatic heterocycles. The zero-order chi connectivity index (χ0) is 19.2. The topological polar surface area (TPSA) is 92.5 Å². The van der Waals surface area contributed by atoms with Crippen molar-refractivity contribution in [3.63, 3.8) is 0 Å². The summed E-state index contributed by atoms with van der Waals surface area (Å²) in [6, 6.07) is 13.0. The lowest BCUT2D eigenvalue weighted by Gasteiger charge is -2.17. The molecule has 138 valence electrons. The molecule has 0 radical (unpaired) electrons. The van der Waals surface area contributed by atoms with Crippen LogP contribution in [0.1, 0.15) is 28.8 Å². The second kappa shape index (κ2) is 8.27. The molecule has 7 nitrogen and oxygen atoms in total. The summed E-state index contributed by atoms with van der Waals surface area (Å²) >= 11 is 0. The van der Waals surface area contributed by atoms with E-state index in [4.69, 9.17) is 0 Å². The molecule has 1 aliphatic heterocycles. The van der Waals surface area contributed by atoms with Crippen LogP contribution >= 0.6 is 0 Å². The van der Waals surface area contributed by atoms with E-state index in [2.05, 4.69) is 5.32 Å². The summed E-state index contributed by atoms with van der Waals surface area (Å²) in [6.07, 6.45) is 4.58. The summed E-state index contributed by atoms with van der Waals surface area (Å²) in [6.45, 7) is 1.44.